The fourth-order valence-electron chi connectivity index (χ4n) is 2.15. The average molecular weight is 384 g/mol. The molecule has 0 heterocycles. The molecule has 0 atom stereocenters. The summed E-state index contributed by atoms with van der Waals surface area (Å²) in [6.07, 6.45) is 0. The van der Waals surface area contributed by atoms with E-state index in [2.05, 4.69) is 5.32 Å². The van der Waals surface area contributed by atoms with E-state index in [9.17, 15) is 26.8 Å². The highest BCUT2D eigenvalue weighted by Gasteiger charge is 2.29. The van der Waals surface area contributed by atoms with Gasteiger partial charge in [-0.3, -0.25) is 13.9 Å². The number of rotatable bonds is 6. The van der Waals surface area contributed by atoms with Gasteiger partial charge in [0.25, 0.3) is 10.0 Å². The molecule has 2 N–H and O–H groups in total. The van der Waals surface area contributed by atoms with Crippen molar-refractivity contribution in [1.29, 1.82) is 0 Å². The highest BCUT2D eigenvalue weighted by atomic mass is 32.2. The van der Waals surface area contributed by atoms with E-state index in [1.807, 2.05) is 0 Å². The summed E-state index contributed by atoms with van der Waals surface area (Å²) in [6.45, 7) is 0.217. The first kappa shape index (κ1) is 19.3. The zero-order valence-electron chi connectivity index (χ0n) is 13.4. The number of hydrogen-bond acceptors (Lipinski definition) is 4. The van der Waals surface area contributed by atoms with Crippen LogP contribution in [0.5, 0.6) is 0 Å². The summed E-state index contributed by atoms with van der Waals surface area (Å²) < 4.78 is 52.9. The molecule has 0 unspecified atom stereocenters. The Bertz CT molecular complexity index is 946. The normalized spacial score (nSPS) is 11.0. The second kappa shape index (κ2) is 7.48. The van der Waals surface area contributed by atoms with Crippen molar-refractivity contribution in [2.24, 2.45) is 0 Å². The number of carboxylic acid groups (broad SMARTS) is 1. The Kier molecular flexibility index (Phi) is 5.56. The van der Waals surface area contributed by atoms with Crippen LogP contribution in [0.25, 0.3) is 0 Å². The number of anilines is 2. The third-order valence-corrected chi connectivity index (χ3v) is 4.99. The summed E-state index contributed by atoms with van der Waals surface area (Å²) in [5, 5.41) is 11.4. The topological polar surface area (TPSA) is 104 Å². The van der Waals surface area contributed by atoms with Crippen molar-refractivity contribution in [3.63, 3.8) is 0 Å². The largest absolute Gasteiger partial charge is 0.480 e. The van der Waals surface area contributed by atoms with Gasteiger partial charge >= 0.3 is 5.97 Å². The lowest BCUT2D eigenvalue weighted by Crippen LogP contribution is -2.36. The predicted octanol–water partition coefficient (Wildman–Crippen LogP) is 2.20. The molecule has 10 heteroatoms. The maximum absolute atomic E-state index is 14.0. The van der Waals surface area contributed by atoms with Gasteiger partial charge in [-0.2, -0.15) is 0 Å². The molecule has 0 spiro atoms. The Morgan fingerprint density at radius 2 is 1.73 bits per heavy atom. The number of nitrogens with one attached hydrogen (secondary N) is 1. The van der Waals surface area contributed by atoms with Gasteiger partial charge in [0.2, 0.25) is 5.91 Å². The Balaban J connectivity index is 2.49. The molecule has 0 saturated heterocycles. The van der Waals surface area contributed by atoms with E-state index in [1.54, 1.807) is 0 Å². The molecular weight excluding hydrogens is 370 g/mol. The molecular formula is C16H14F2N2O5S. The van der Waals surface area contributed by atoms with Gasteiger partial charge in [-0.1, -0.05) is 0 Å². The zero-order valence-corrected chi connectivity index (χ0v) is 14.3. The van der Waals surface area contributed by atoms with Crippen LogP contribution in [0.1, 0.15) is 6.92 Å². The molecule has 0 aliphatic rings. The van der Waals surface area contributed by atoms with Crippen molar-refractivity contribution in [2.45, 2.75) is 11.8 Å². The van der Waals surface area contributed by atoms with Crippen LogP contribution in [0.3, 0.4) is 0 Å². The first-order valence-electron chi connectivity index (χ1n) is 7.18. The van der Waals surface area contributed by atoms with Gasteiger partial charge in [-0.25, -0.2) is 17.2 Å². The number of hydrogen-bond donors (Lipinski definition) is 2. The lowest BCUT2D eigenvalue weighted by molar-refractivity contribution is -0.135. The minimum Gasteiger partial charge on any atom is -0.480 e. The number of amides is 1. The number of aliphatic carboxylic acids is 1. The van der Waals surface area contributed by atoms with Gasteiger partial charge < -0.3 is 10.4 Å². The molecule has 0 aliphatic heterocycles. The van der Waals surface area contributed by atoms with E-state index >= 15 is 0 Å². The molecule has 138 valence electrons. The first-order valence-corrected chi connectivity index (χ1v) is 8.62. The van der Waals surface area contributed by atoms with Gasteiger partial charge in [-0.15, -0.1) is 0 Å². The third kappa shape index (κ3) is 4.33. The van der Waals surface area contributed by atoms with Crippen LogP contribution >= 0.6 is 0 Å². The highest BCUT2D eigenvalue weighted by molar-refractivity contribution is 7.92. The van der Waals surface area contributed by atoms with E-state index in [0.29, 0.717) is 16.1 Å². The summed E-state index contributed by atoms with van der Waals surface area (Å²) in [5.41, 5.74) is -0.270. The fourth-order valence-corrected chi connectivity index (χ4v) is 3.57. The molecule has 0 fully saturated rings. The molecule has 0 radical (unpaired) electrons. The molecule has 7 nitrogen and oxygen atoms in total. The number of carbonyl (C=O) groups excluding carboxylic acids is 1. The minimum atomic E-state index is -4.45. The van der Waals surface area contributed by atoms with Crippen molar-refractivity contribution in [1.82, 2.24) is 0 Å². The molecule has 0 aliphatic carbocycles. The smallest absolute Gasteiger partial charge is 0.324 e. The Morgan fingerprint density at radius 3 is 2.23 bits per heavy atom. The predicted molar refractivity (Wildman–Crippen MR) is 89.3 cm³/mol. The van der Waals surface area contributed by atoms with Crippen LogP contribution in [0.2, 0.25) is 0 Å². The van der Waals surface area contributed by atoms with Gasteiger partial charge in [0.1, 0.15) is 18.2 Å². The molecule has 0 bridgehead atoms. The number of benzene rings is 2. The van der Waals surface area contributed by atoms with E-state index in [-0.39, 0.29) is 10.8 Å². The third-order valence-electron chi connectivity index (χ3n) is 3.22. The van der Waals surface area contributed by atoms with Crippen LogP contribution < -0.4 is 9.62 Å². The second-order valence-electron chi connectivity index (χ2n) is 5.21. The summed E-state index contributed by atoms with van der Waals surface area (Å²) in [7, 11) is -4.45. The van der Waals surface area contributed by atoms with Crippen LogP contribution in [0.15, 0.2) is 47.4 Å². The fraction of sp³-hybridized carbons (Fsp3) is 0.125. The quantitative estimate of drug-likeness (QED) is 0.795. The molecule has 2 aromatic rings. The monoisotopic (exact) mass is 384 g/mol. The van der Waals surface area contributed by atoms with Crippen molar-refractivity contribution in [2.75, 3.05) is 16.2 Å². The molecule has 26 heavy (non-hydrogen) atoms. The molecule has 2 rings (SSSR count). The summed E-state index contributed by atoms with van der Waals surface area (Å²) in [4.78, 5) is 21.7. The average Bonchev–Trinajstić information content (AvgIpc) is 2.53. The number of sulfonamides is 1. The number of nitrogens with zero attached hydrogens (tertiary/aromatic N) is 1. The van der Waals surface area contributed by atoms with Crippen molar-refractivity contribution in [3.05, 3.63) is 54.1 Å². The Hall–Kier alpha value is -3.01. The van der Waals surface area contributed by atoms with Gasteiger partial charge in [0.15, 0.2) is 0 Å². The summed E-state index contributed by atoms with van der Waals surface area (Å²) in [5.74, 6) is -4.03. The lowest BCUT2D eigenvalue weighted by atomic mass is 10.3. The molecule has 0 saturated carbocycles. The van der Waals surface area contributed by atoms with E-state index in [1.165, 1.54) is 19.1 Å². The Morgan fingerprint density at radius 1 is 1.12 bits per heavy atom. The van der Waals surface area contributed by atoms with E-state index < -0.39 is 39.9 Å². The van der Waals surface area contributed by atoms with Gasteiger partial charge in [0.05, 0.1) is 10.6 Å². The van der Waals surface area contributed by atoms with Gasteiger partial charge in [0, 0.05) is 18.7 Å². The maximum atomic E-state index is 14.0. The standard InChI is InChI=1S/C16H14F2N2O5S/c1-10(21)19-12-3-5-13(6-4-12)26(24,25)20(9-16(22)23)15-7-2-11(17)8-14(15)18/h2-8H,9H2,1H3,(H,19,21)(H,22,23). The summed E-state index contributed by atoms with van der Waals surface area (Å²) in [6, 6.07) is 7.00. The van der Waals surface area contributed by atoms with Crippen molar-refractivity contribution < 1.29 is 31.9 Å². The van der Waals surface area contributed by atoms with Gasteiger partial charge in [-0.05, 0) is 36.4 Å². The van der Waals surface area contributed by atoms with Crippen LogP contribution in [0, 0.1) is 11.6 Å². The SMILES string of the molecule is CC(=O)Nc1ccc(S(=O)(=O)N(CC(=O)O)c2ccc(F)cc2F)cc1. The number of halogens is 2. The highest BCUT2D eigenvalue weighted by Crippen LogP contribution is 2.27. The second-order valence-corrected chi connectivity index (χ2v) is 7.07. The molecule has 1 amide bonds. The number of carbonyl (C=O) groups is 2. The molecule has 0 aromatic heterocycles. The summed E-state index contributed by atoms with van der Waals surface area (Å²) >= 11 is 0. The van der Waals surface area contributed by atoms with E-state index in [4.69, 9.17) is 5.11 Å². The first-order chi connectivity index (χ1) is 12.1. The van der Waals surface area contributed by atoms with Crippen LogP contribution in [-0.2, 0) is 19.6 Å². The number of carboxylic acids is 1. The van der Waals surface area contributed by atoms with Crippen LogP contribution in [-0.4, -0.2) is 31.9 Å². The Labute approximate surface area is 147 Å². The minimum absolute atomic E-state index is 0.323. The van der Waals surface area contributed by atoms with Crippen molar-refractivity contribution in [3.8, 4) is 0 Å². The maximum Gasteiger partial charge on any atom is 0.324 e. The van der Waals surface area contributed by atoms with Crippen molar-refractivity contribution >= 4 is 33.3 Å². The lowest BCUT2D eigenvalue weighted by Gasteiger charge is -2.23. The zero-order chi connectivity index (χ0) is 19.5. The van der Waals surface area contributed by atoms with E-state index in [0.717, 1.165) is 24.3 Å². The van der Waals surface area contributed by atoms with Crippen LogP contribution in [0.4, 0.5) is 20.2 Å². The molecule has 2 aromatic carbocycles.